The molecule has 0 aliphatic carbocycles. The summed E-state index contributed by atoms with van der Waals surface area (Å²) in [5, 5.41) is 0. The zero-order valence-corrected chi connectivity index (χ0v) is 17.2. The monoisotopic (exact) mass is 395 g/mol. The lowest BCUT2D eigenvalue weighted by molar-refractivity contribution is -0.135. The van der Waals surface area contributed by atoms with Crippen LogP contribution in [-0.2, 0) is 11.3 Å². The summed E-state index contributed by atoms with van der Waals surface area (Å²) in [6, 6.07) is 16.1. The number of nitrogens with zero attached hydrogens (tertiary/aromatic N) is 3. The van der Waals surface area contributed by atoms with Gasteiger partial charge in [0.15, 0.2) is 11.5 Å². The van der Waals surface area contributed by atoms with Gasteiger partial charge in [-0.15, -0.1) is 0 Å². The number of carbonyl (C=O) groups excluding carboxylic acids is 1. The Kier molecular flexibility index (Phi) is 6.02. The van der Waals surface area contributed by atoms with Gasteiger partial charge in [-0.2, -0.15) is 0 Å². The highest BCUT2D eigenvalue weighted by molar-refractivity contribution is 5.82. The number of ether oxygens (including phenoxy) is 2. The third kappa shape index (κ3) is 4.54. The van der Waals surface area contributed by atoms with Gasteiger partial charge < -0.3 is 14.4 Å². The number of rotatable bonds is 5. The van der Waals surface area contributed by atoms with Crippen LogP contribution < -0.4 is 9.47 Å². The molecule has 2 aromatic rings. The molecule has 1 saturated heterocycles. The summed E-state index contributed by atoms with van der Waals surface area (Å²) in [6.07, 6.45) is 0. The largest absolute Gasteiger partial charge is 0.486 e. The van der Waals surface area contributed by atoms with Crippen molar-refractivity contribution in [2.75, 3.05) is 53.5 Å². The molecule has 0 radical (unpaired) electrons. The topological polar surface area (TPSA) is 45.3 Å². The van der Waals surface area contributed by atoms with E-state index in [1.165, 1.54) is 5.56 Å². The number of carbonyl (C=O) groups is 1. The van der Waals surface area contributed by atoms with Crippen LogP contribution in [0.2, 0.25) is 0 Å². The molecule has 0 aromatic heterocycles. The molecule has 2 aliphatic heterocycles. The molecule has 0 spiro atoms. The van der Waals surface area contributed by atoms with E-state index in [0.717, 1.165) is 49.8 Å². The molecular formula is C23H29N3O3. The number of hydrogen-bond acceptors (Lipinski definition) is 5. The standard InChI is InChI=1S/C23H29N3O3/c1-24(2)23(27)22(19-6-4-3-5-7-19)26-12-10-25(11-13-26)17-18-8-9-20-21(16-18)29-15-14-28-20/h3-9,16,22H,10-15,17H2,1-2H3. The molecule has 6 heteroatoms. The highest BCUT2D eigenvalue weighted by Crippen LogP contribution is 2.31. The van der Waals surface area contributed by atoms with Gasteiger partial charge in [0.1, 0.15) is 19.3 Å². The predicted molar refractivity (Wildman–Crippen MR) is 112 cm³/mol. The summed E-state index contributed by atoms with van der Waals surface area (Å²) < 4.78 is 11.3. The molecule has 4 rings (SSSR count). The van der Waals surface area contributed by atoms with Crippen molar-refractivity contribution >= 4 is 5.91 Å². The quantitative estimate of drug-likeness (QED) is 0.778. The van der Waals surface area contributed by atoms with E-state index < -0.39 is 0 Å². The molecule has 2 heterocycles. The zero-order chi connectivity index (χ0) is 20.2. The van der Waals surface area contributed by atoms with Crippen LogP contribution in [-0.4, -0.2) is 74.1 Å². The van der Waals surface area contributed by atoms with Crippen LogP contribution in [0.15, 0.2) is 48.5 Å². The first-order chi connectivity index (χ1) is 14.1. The molecule has 6 nitrogen and oxygen atoms in total. The maximum Gasteiger partial charge on any atom is 0.244 e. The lowest BCUT2D eigenvalue weighted by atomic mass is 10.0. The highest BCUT2D eigenvalue weighted by atomic mass is 16.6. The molecule has 1 unspecified atom stereocenters. The smallest absolute Gasteiger partial charge is 0.244 e. The molecular weight excluding hydrogens is 366 g/mol. The molecule has 0 bridgehead atoms. The van der Waals surface area contributed by atoms with Gasteiger partial charge in [-0.3, -0.25) is 14.6 Å². The van der Waals surface area contributed by atoms with Crippen LogP contribution in [0, 0.1) is 0 Å². The molecule has 29 heavy (non-hydrogen) atoms. The molecule has 154 valence electrons. The summed E-state index contributed by atoms with van der Waals surface area (Å²) >= 11 is 0. The minimum atomic E-state index is -0.220. The van der Waals surface area contributed by atoms with Crippen molar-refractivity contribution in [2.24, 2.45) is 0 Å². The summed E-state index contributed by atoms with van der Waals surface area (Å²) in [7, 11) is 3.66. The fourth-order valence-corrected chi connectivity index (χ4v) is 4.01. The first-order valence-electron chi connectivity index (χ1n) is 10.2. The lowest BCUT2D eigenvalue weighted by Gasteiger charge is -2.39. The van der Waals surface area contributed by atoms with E-state index >= 15 is 0 Å². The summed E-state index contributed by atoms with van der Waals surface area (Å²) in [4.78, 5) is 19.3. The van der Waals surface area contributed by atoms with Gasteiger partial charge in [0.05, 0.1) is 0 Å². The van der Waals surface area contributed by atoms with Crippen LogP contribution in [0.25, 0.3) is 0 Å². The Morgan fingerprint density at radius 1 is 0.966 bits per heavy atom. The van der Waals surface area contributed by atoms with E-state index in [9.17, 15) is 4.79 Å². The van der Waals surface area contributed by atoms with Crippen LogP contribution >= 0.6 is 0 Å². The second kappa shape index (κ2) is 8.84. The highest BCUT2D eigenvalue weighted by Gasteiger charge is 2.31. The predicted octanol–water partition coefficient (Wildman–Crippen LogP) is 2.40. The van der Waals surface area contributed by atoms with Gasteiger partial charge in [-0.25, -0.2) is 0 Å². The van der Waals surface area contributed by atoms with Crippen molar-refractivity contribution in [3.8, 4) is 11.5 Å². The Bertz CT molecular complexity index is 833. The molecule has 0 N–H and O–H groups in total. The second-order valence-corrected chi connectivity index (χ2v) is 7.84. The third-order valence-electron chi connectivity index (χ3n) is 5.57. The van der Waals surface area contributed by atoms with E-state index in [4.69, 9.17) is 9.47 Å². The number of amides is 1. The fraction of sp³-hybridized carbons (Fsp3) is 0.435. The van der Waals surface area contributed by atoms with E-state index in [2.05, 4.69) is 21.9 Å². The average Bonchev–Trinajstić information content (AvgIpc) is 2.76. The summed E-state index contributed by atoms with van der Waals surface area (Å²) in [5.74, 6) is 1.81. The van der Waals surface area contributed by atoms with Gasteiger partial charge in [-0.1, -0.05) is 36.4 Å². The van der Waals surface area contributed by atoms with Crippen LogP contribution in [0.3, 0.4) is 0 Å². The number of likely N-dealkylation sites (N-methyl/N-ethyl adjacent to an activating group) is 1. The number of hydrogen-bond donors (Lipinski definition) is 0. The van der Waals surface area contributed by atoms with Gasteiger partial charge in [0.2, 0.25) is 5.91 Å². The first kappa shape index (κ1) is 19.7. The molecule has 1 amide bonds. The Labute approximate surface area is 172 Å². The fourth-order valence-electron chi connectivity index (χ4n) is 4.01. The van der Waals surface area contributed by atoms with Gasteiger partial charge in [-0.05, 0) is 23.3 Å². The van der Waals surface area contributed by atoms with E-state index in [1.54, 1.807) is 4.90 Å². The van der Waals surface area contributed by atoms with Gasteiger partial charge in [0, 0.05) is 46.8 Å². The van der Waals surface area contributed by atoms with Crippen LogP contribution in [0.1, 0.15) is 17.2 Å². The second-order valence-electron chi connectivity index (χ2n) is 7.84. The van der Waals surface area contributed by atoms with Crippen molar-refractivity contribution in [1.29, 1.82) is 0 Å². The Morgan fingerprint density at radius 3 is 2.34 bits per heavy atom. The van der Waals surface area contributed by atoms with Crippen molar-refractivity contribution in [3.05, 3.63) is 59.7 Å². The summed E-state index contributed by atoms with van der Waals surface area (Å²) in [6.45, 7) is 5.69. The molecule has 0 saturated carbocycles. The maximum absolute atomic E-state index is 12.9. The minimum Gasteiger partial charge on any atom is -0.486 e. The number of benzene rings is 2. The zero-order valence-electron chi connectivity index (χ0n) is 17.2. The van der Waals surface area contributed by atoms with Crippen molar-refractivity contribution in [1.82, 2.24) is 14.7 Å². The number of fused-ring (bicyclic) bond motifs is 1. The van der Waals surface area contributed by atoms with E-state index in [0.29, 0.717) is 13.2 Å². The van der Waals surface area contributed by atoms with Crippen molar-refractivity contribution < 1.29 is 14.3 Å². The first-order valence-corrected chi connectivity index (χ1v) is 10.2. The van der Waals surface area contributed by atoms with Crippen molar-refractivity contribution in [2.45, 2.75) is 12.6 Å². The number of piperazine rings is 1. The Morgan fingerprint density at radius 2 is 1.66 bits per heavy atom. The molecule has 1 atom stereocenters. The van der Waals surface area contributed by atoms with Crippen LogP contribution in [0.5, 0.6) is 11.5 Å². The normalized spacial score (nSPS) is 18.3. The Balaban J connectivity index is 1.40. The minimum absolute atomic E-state index is 0.136. The van der Waals surface area contributed by atoms with Crippen molar-refractivity contribution in [3.63, 3.8) is 0 Å². The average molecular weight is 396 g/mol. The molecule has 1 fully saturated rings. The van der Waals surface area contributed by atoms with Gasteiger partial charge in [0.25, 0.3) is 0 Å². The van der Waals surface area contributed by atoms with E-state index in [-0.39, 0.29) is 11.9 Å². The van der Waals surface area contributed by atoms with E-state index in [1.807, 2.05) is 50.5 Å². The lowest BCUT2D eigenvalue weighted by Crippen LogP contribution is -2.50. The molecule has 2 aliphatic rings. The maximum atomic E-state index is 12.9. The SMILES string of the molecule is CN(C)C(=O)C(c1ccccc1)N1CCN(Cc2ccc3c(c2)OCCO3)CC1. The third-order valence-corrected chi connectivity index (χ3v) is 5.57. The van der Waals surface area contributed by atoms with Crippen LogP contribution in [0.4, 0.5) is 0 Å². The van der Waals surface area contributed by atoms with Gasteiger partial charge >= 0.3 is 0 Å². The summed E-state index contributed by atoms with van der Waals surface area (Å²) in [5.41, 5.74) is 2.29. The Hall–Kier alpha value is -2.57. The molecule has 2 aromatic carbocycles.